The number of nitrogens with one attached hydrogen (secondary N) is 1. The maximum atomic E-state index is 12.3. The smallest absolute Gasteiger partial charge is 0.217 e. The van der Waals surface area contributed by atoms with Crippen LogP contribution in [-0.4, -0.2) is 58.5 Å². The first-order chi connectivity index (χ1) is 6.97. The summed E-state index contributed by atoms with van der Waals surface area (Å²) in [5.41, 5.74) is 0. The van der Waals surface area contributed by atoms with Gasteiger partial charge in [0.05, 0.1) is 0 Å². The first kappa shape index (κ1) is 12.3. The van der Waals surface area contributed by atoms with Gasteiger partial charge in [0.1, 0.15) is 31.0 Å². The molecule has 4 N–H and O–H groups in total. The SMILES string of the molecule is CC(=O)N[C@@H]1[C@@H](O)[C@@H](O)[C@@H](CF)O[C@@H]1O. The number of rotatable bonds is 2. The number of alkyl halides is 1. The second-order valence-electron chi connectivity index (χ2n) is 3.43. The molecule has 0 aromatic heterocycles. The number of aliphatic hydroxyl groups is 3. The molecular weight excluding hydrogens is 209 g/mol. The number of carbonyl (C=O) groups excluding carboxylic acids is 1. The molecule has 0 aromatic carbocycles. The van der Waals surface area contributed by atoms with Crippen molar-refractivity contribution in [2.24, 2.45) is 0 Å². The molecule has 88 valence electrons. The molecule has 1 amide bonds. The quantitative estimate of drug-likeness (QED) is 0.430. The van der Waals surface area contributed by atoms with Crippen molar-refractivity contribution >= 4 is 5.91 Å². The van der Waals surface area contributed by atoms with Crippen molar-refractivity contribution in [3.05, 3.63) is 0 Å². The minimum absolute atomic E-state index is 0.493. The molecule has 1 rings (SSSR count). The maximum Gasteiger partial charge on any atom is 0.217 e. The predicted octanol–water partition coefficient (Wildman–Crippen LogP) is -2.10. The van der Waals surface area contributed by atoms with Gasteiger partial charge in [0.15, 0.2) is 6.29 Å². The van der Waals surface area contributed by atoms with E-state index in [1.807, 2.05) is 0 Å². The molecule has 1 heterocycles. The summed E-state index contributed by atoms with van der Waals surface area (Å²) in [6.45, 7) is 0.162. The second-order valence-corrected chi connectivity index (χ2v) is 3.43. The summed E-state index contributed by atoms with van der Waals surface area (Å²) in [6, 6.07) is -1.15. The van der Waals surface area contributed by atoms with Crippen molar-refractivity contribution in [1.29, 1.82) is 0 Å². The molecule has 15 heavy (non-hydrogen) atoms. The van der Waals surface area contributed by atoms with E-state index in [0.717, 1.165) is 0 Å². The standard InChI is InChI=1S/C8H14FNO5/c1-3(11)10-5-7(13)6(12)4(2-9)15-8(5)14/h4-8,12-14H,2H2,1H3,(H,10,11)/t4-,5-,6+,7-,8+/m1/s1. The minimum atomic E-state index is -1.53. The molecule has 1 aliphatic heterocycles. The summed E-state index contributed by atoms with van der Waals surface area (Å²) in [5, 5.41) is 30.4. The van der Waals surface area contributed by atoms with E-state index in [1.54, 1.807) is 0 Å². The lowest BCUT2D eigenvalue weighted by molar-refractivity contribution is -0.249. The lowest BCUT2D eigenvalue weighted by Crippen LogP contribution is -2.63. The average molecular weight is 223 g/mol. The zero-order chi connectivity index (χ0) is 11.6. The van der Waals surface area contributed by atoms with Crippen molar-refractivity contribution in [2.75, 3.05) is 6.67 Å². The Morgan fingerprint density at radius 1 is 1.40 bits per heavy atom. The van der Waals surface area contributed by atoms with E-state index in [1.165, 1.54) is 6.92 Å². The van der Waals surface area contributed by atoms with Gasteiger partial charge in [0.2, 0.25) is 5.91 Å². The van der Waals surface area contributed by atoms with Gasteiger partial charge in [-0.3, -0.25) is 4.79 Å². The third kappa shape index (κ3) is 2.63. The summed E-state index contributed by atoms with van der Waals surface area (Å²) in [5.74, 6) is -0.493. The number of hydrogen-bond donors (Lipinski definition) is 4. The molecule has 0 radical (unpaired) electrons. The summed E-state index contributed by atoms with van der Waals surface area (Å²) in [6.07, 6.45) is -5.75. The van der Waals surface area contributed by atoms with Crippen LogP contribution in [0.25, 0.3) is 0 Å². The van der Waals surface area contributed by atoms with Crippen LogP contribution in [0, 0.1) is 0 Å². The Hall–Kier alpha value is -0.760. The topological polar surface area (TPSA) is 99.0 Å². The van der Waals surface area contributed by atoms with Crippen molar-refractivity contribution in [2.45, 2.75) is 37.6 Å². The fourth-order valence-electron chi connectivity index (χ4n) is 1.46. The Balaban J connectivity index is 2.70. The lowest BCUT2D eigenvalue weighted by Gasteiger charge is -2.39. The molecule has 1 aliphatic rings. The van der Waals surface area contributed by atoms with E-state index in [-0.39, 0.29) is 0 Å². The predicted molar refractivity (Wildman–Crippen MR) is 46.5 cm³/mol. The van der Waals surface area contributed by atoms with Gasteiger partial charge in [0.25, 0.3) is 0 Å². The fourth-order valence-corrected chi connectivity index (χ4v) is 1.46. The van der Waals surface area contributed by atoms with Gasteiger partial charge < -0.3 is 25.4 Å². The molecule has 0 aliphatic carbocycles. The highest BCUT2D eigenvalue weighted by atomic mass is 19.1. The van der Waals surface area contributed by atoms with E-state index in [2.05, 4.69) is 10.1 Å². The largest absolute Gasteiger partial charge is 0.388 e. The average Bonchev–Trinajstić information content (AvgIpc) is 2.18. The van der Waals surface area contributed by atoms with E-state index in [9.17, 15) is 24.5 Å². The molecule has 0 saturated carbocycles. The molecular formula is C8H14FNO5. The van der Waals surface area contributed by atoms with E-state index >= 15 is 0 Å². The van der Waals surface area contributed by atoms with Crippen molar-refractivity contribution in [1.82, 2.24) is 5.32 Å². The van der Waals surface area contributed by atoms with Crippen molar-refractivity contribution < 1.29 is 29.2 Å². The van der Waals surface area contributed by atoms with Gasteiger partial charge in [-0.1, -0.05) is 0 Å². The zero-order valence-corrected chi connectivity index (χ0v) is 8.13. The highest BCUT2D eigenvalue weighted by Crippen LogP contribution is 2.20. The van der Waals surface area contributed by atoms with Crippen LogP contribution >= 0.6 is 0 Å². The Bertz CT molecular complexity index is 239. The molecule has 1 fully saturated rings. The summed E-state index contributed by atoms with van der Waals surface area (Å²) >= 11 is 0. The van der Waals surface area contributed by atoms with Crippen LogP contribution in [0.2, 0.25) is 0 Å². The van der Waals surface area contributed by atoms with Crippen molar-refractivity contribution in [3.63, 3.8) is 0 Å². The van der Waals surface area contributed by atoms with Crippen LogP contribution < -0.4 is 5.32 Å². The van der Waals surface area contributed by atoms with Crippen LogP contribution in [0.1, 0.15) is 6.92 Å². The van der Waals surface area contributed by atoms with Crippen LogP contribution in [0.4, 0.5) is 4.39 Å². The molecule has 0 bridgehead atoms. The zero-order valence-electron chi connectivity index (χ0n) is 8.13. The Kier molecular flexibility index (Phi) is 3.97. The first-order valence-electron chi connectivity index (χ1n) is 4.50. The van der Waals surface area contributed by atoms with Gasteiger partial charge in [-0.25, -0.2) is 4.39 Å². The Morgan fingerprint density at radius 3 is 2.47 bits per heavy atom. The lowest BCUT2D eigenvalue weighted by atomic mass is 9.97. The number of aliphatic hydroxyl groups excluding tert-OH is 3. The van der Waals surface area contributed by atoms with Gasteiger partial charge in [0, 0.05) is 6.92 Å². The van der Waals surface area contributed by atoms with Gasteiger partial charge in [-0.2, -0.15) is 0 Å². The summed E-state index contributed by atoms with van der Waals surface area (Å²) < 4.78 is 17.0. The van der Waals surface area contributed by atoms with Gasteiger partial charge in [-0.15, -0.1) is 0 Å². The van der Waals surface area contributed by atoms with E-state index < -0.39 is 43.2 Å². The van der Waals surface area contributed by atoms with Gasteiger partial charge in [-0.05, 0) is 0 Å². The van der Waals surface area contributed by atoms with Crippen LogP contribution in [-0.2, 0) is 9.53 Å². The number of amides is 1. The molecule has 6 nitrogen and oxygen atoms in total. The van der Waals surface area contributed by atoms with Crippen LogP contribution in [0.3, 0.4) is 0 Å². The van der Waals surface area contributed by atoms with E-state index in [4.69, 9.17) is 0 Å². The highest BCUT2D eigenvalue weighted by molar-refractivity contribution is 5.73. The van der Waals surface area contributed by atoms with E-state index in [0.29, 0.717) is 0 Å². The fraction of sp³-hybridized carbons (Fsp3) is 0.875. The Labute approximate surface area is 85.7 Å². The monoisotopic (exact) mass is 223 g/mol. The van der Waals surface area contributed by atoms with Crippen LogP contribution in [0.15, 0.2) is 0 Å². The molecule has 0 aromatic rings. The summed E-state index contributed by atoms with van der Waals surface area (Å²) in [4.78, 5) is 10.7. The Morgan fingerprint density at radius 2 is 2.00 bits per heavy atom. The van der Waals surface area contributed by atoms with Crippen LogP contribution in [0.5, 0.6) is 0 Å². The molecule has 7 heteroatoms. The minimum Gasteiger partial charge on any atom is -0.388 e. The highest BCUT2D eigenvalue weighted by Gasteiger charge is 2.44. The number of hydrogen-bond acceptors (Lipinski definition) is 5. The van der Waals surface area contributed by atoms with Crippen molar-refractivity contribution in [3.8, 4) is 0 Å². The number of halogens is 1. The summed E-state index contributed by atoms with van der Waals surface area (Å²) in [7, 11) is 0. The second kappa shape index (κ2) is 4.84. The third-order valence-corrected chi connectivity index (χ3v) is 2.24. The number of ether oxygens (including phenoxy) is 1. The molecule has 0 spiro atoms. The molecule has 5 atom stereocenters. The first-order valence-corrected chi connectivity index (χ1v) is 4.50. The number of carbonyl (C=O) groups is 1. The third-order valence-electron chi connectivity index (χ3n) is 2.24. The molecule has 1 saturated heterocycles. The maximum absolute atomic E-state index is 12.3. The normalized spacial score (nSPS) is 41.3. The molecule has 0 unspecified atom stereocenters. The van der Waals surface area contributed by atoms with Gasteiger partial charge >= 0.3 is 0 Å².